The predicted octanol–water partition coefficient (Wildman–Crippen LogP) is 1.12. The molecular formula is C16H29N5O2. The molecule has 0 radical (unpaired) electrons. The second-order valence-corrected chi connectivity index (χ2v) is 6.43. The Morgan fingerprint density at radius 1 is 1.43 bits per heavy atom. The van der Waals surface area contributed by atoms with Crippen molar-refractivity contribution in [1.29, 1.82) is 0 Å². The zero-order valence-corrected chi connectivity index (χ0v) is 14.2. The Morgan fingerprint density at radius 3 is 2.74 bits per heavy atom. The third kappa shape index (κ3) is 4.51. The molecule has 7 heteroatoms. The van der Waals surface area contributed by atoms with Crippen molar-refractivity contribution in [1.82, 2.24) is 25.6 Å². The zero-order chi connectivity index (χ0) is 16.7. The monoisotopic (exact) mass is 323 g/mol. The lowest BCUT2D eigenvalue weighted by atomic mass is 9.79. The number of rotatable bonds is 8. The number of aromatic nitrogens is 3. The van der Waals surface area contributed by atoms with Crippen molar-refractivity contribution in [3.8, 4) is 0 Å². The summed E-state index contributed by atoms with van der Waals surface area (Å²) < 4.78 is 1.82. The van der Waals surface area contributed by atoms with Gasteiger partial charge >= 0.3 is 0 Å². The standard InChI is InChI=1S/C16H29N5O2/c1-3-16(4-2,7-10-22)12-18-15(23)14-11-21(20-19-14)13-5-8-17-9-6-13/h11,13,17,22H,3-10,12H2,1-2H3,(H,18,23). The summed E-state index contributed by atoms with van der Waals surface area (Å²) in [6, 6.07) is 0.324. The Kier molecular flexibility index (Phi) is 6.53. The van der Waals surface area contributed by atoms with E-state index < -0.39 is 0 Å². The molecule has 1 aliphatic heterocycles. The van der Waals surface area contributed by atoms with E-state index in [9.17, 15) is 9.90 Å². The molecule has 1 saturated heterocycles. The lowest BCUT2D eigenvalue weighted by molar-refractivity contribution is 0.0902. The highest BCUT2D eigenvalue weighted by molar-refractivity contribution is 5.91. The fourth-order valence-corrected chi connectivity index (χ4v) is 3.17. The number of amides is 1. The third-order valence-corrected chi connectivity index (χ3v) is 5.19. The fourth-order valence-electron chi connectivity index (χ4n) is 3.17. The topological polar surface area (TPSA) is 92.1 Å². The summed E-state index contributed by atoms with van der Waals surface area (Å²) in [5.41, 5.74) is 0.323. The molecule has 3 N–H and O–H groups in total. The highest BCUT2D eigenvalue weighted by atomic mass is 16.3. The molecule has 130 valence electrons. The van der Waals surface area contributed by atoms with Gasteiger partial charge in [-0.3, -0.25) is 4.79 Å². The van der Waals surface area contributed by atoms with Gasteiger partial charge in [-0.05, 0) is 50.6 Å². The maximum absolute atomic E-state index is 12.3. The van der Waals surface area contributed by atoms with E-state index in [0.29, 0.717) is 24.7 Å². The van der Waals surface area contributed by atoms with Crippen LogP contribution in [0.15, 0.2) is 6.20 Å². The summed E-state index contributed by atoms with van der Waals surface area (Å²) in [6.45, 7) is 6.84. The minimum absolute atomic E-state index is 0.0462. The van der Waals surface area contributed by atoms with Gasteiger partial charge in [-0.1, -0.05) is 19.1 Å². The van der Waals surface area contributed by atoms with Gasteiger partial charge in [-0.15, -0.1) is 5.10 Å². The maximum atomic E-state index is 12.3. The zero-order valence-electron chi connectivity index (χ0n) is 14.2. The summed E-state index contributed by atoms with van der Waals surface area (Å²) in [5.74, 6) is -0.186. The average molecular weight is 323 g/mol. The summed E-state index contributed by atoms with van der Waals surface area (Å²) in [4.78, 5) is 12.3. The maximum Gasteiger partial charge on any atom is 0.273 e. The highest BCUT2D eigenvalue weighted by Crippen LogP contribution is 2.29. The quantitative estimate of drug-likeness (QED) is 0.667. The van der Waals surface area contributed by atoms with Crippen LogP contribution < -0.4 is 10.6 Å². The van der Waals surface area contributed by atoms with Crippen LogP contribution in [0.25, 0.3) is 0 Å². The molecule has 23 heavy (non-hydrogen) atoms. The van der Waals surface area contributed by atoms with E-state index in [1.807, 2.05) is 4.68 Å². The van der Waals surface area contributed by atoms with E-state index in [-0.39, 0.29) is 17.9 Å². The number of carbonyl (C=O) groups excluding carboxylic acids is 1. The van der Waals surface area contributed by atoms with Crippen molar-refractivity contribution in [3.05, 3.63) is 11.9 Å². The normalized spacial score (nSPS) is 16.5. The Hall–Kier alpha value is -1.47. The van der Waals surface area contributed by atoms with Gasteiger partial charge in [0.2, 0.25) is 0 Å². The second-order valence-electron chi connectivity index (χ2n) is 6.43. The number of piperidine rings is 1. The van der Waals surface area contributed by atoms with Crippen molar-refractivity contribution < 1.29 is 9.90 Å². The van der Waals surface area contributed by atoms with Crippen LogP contribution in [-0.4, -0.2) is 52.2 Å². The second kappa shape index (κ2) is 8.40. The molecule has 1 aromatic rings. The third-order valence-electron chi connectivity index (χ3n) is 5.19. The van der Waals surface area contributed by atoms with Crippen LogP contribution in [0, 0.1) is 5.41 Å². The van der Waals surface area contributed by atoms with E-state index in [1.54, 1.807) is 6.20 Å². The Balaban J connectivity index is 1.94. The molecule has 0 atom stereocenters. The van der Waals surface area contributed by atoms with Gasteiger partial charge in [-0.25, -0.2) is 4.68 Å². The molecule has 2 rings (SSSR count). The molecule has 1 aromatic heterocycles. The van der Waals surface area contributed by atoms with Gasteiger partial charge in [-0.2, -0.15) is 0 Å². The molecule has 0 aromatic carbocycles. The van der Waals surface area contributed by atoms with Crippen molar-refractivity contribution in [2.45, 2.75) is 52.0 Å². The number of aliphatic hydroxyl groups excluding tert-OH is 1. The molecule has 0 aliphatic carbocycles. The molecule has 0 unspecified atom stereocenters. The van der Waals surface area contributed by atoms with Crippen LogP contribution in [0.3, 0.4) is 0 Å². The number of nitrogens with zero attached hydrogens (tertiary/aromatic N) is 3. The summed E-state index contributed by atoms with van der Waals surface area (Å²) >= 11 is 0. The van der Waals surface area contributed by atoms with Crippen molar-refractivity contribution in [2.75, 3.05) is 26.2 Å². The first-order valence-electron chi connectivity index (χ1n) is 8.65. The van der Waals surface area contributed by atoms with E-state index in [4.69, 9.17) is 0 Å². The molecule has 1 aliphatic rings. The number of hydrogen-bond acceptors (Lipinski definition) is 5. The van der Waals surface area contributed by atoms with E-state index in [1.165, 1.54) is 0 Å². The van der Waals surface area contributed by atoms with Gasteiger partial charge in [0.15, 0.2) is 5.69 Å². The SMILES string of the molecule is CCC(CC)(CCO)CNC(=O)c1cn(C2CCNCC2)nn1. The van der Waals surface area contributed by atoms with Gasteiger partial charge in [0.05, 0.1) is 12.2 Å². The predicted molar refractivity (Wildman–Crippen MR) is 88.2 cm³/mol. The first-order valence-corrected chi connectivity index (χ1v) is 8.65. The summed E-state index contributed by atoms with van der Waals surface area (Å²) in [6.07, 6.45) is 6.31. The molecule has 0 saturated carbocycles. The number of carbonyl (C=O) groups is 1. The summed E-state index contributed by atoms with van der Waals surface area (Å²) in [5, 5.41) is 23.7. The minimum atomic E-state index is -0.186. The van der Waals surface area contributed by atoms with Gasteiger partial charge in [0.25, 0.3) is 5.91 Å². The van der Waals surface area contributed by atoms with Crippen LogP contribution >= 0.6 is 0 Å². The highest BCUT2D eigenvalue weighted by Gasteiger charge is 2.27. The number of hydrogen-bond donors (Lipinski definition) is 3. The Bertz CT molecular complexity index is 492. The first kappa shape index (κ1) is 17.9. The molecule has 1 fully saturated rings. The van der Waals surface area contributed by atoms with Crippen molar-refractivity contribution in [2.24, 2.45) is 5.41 Å². The van der Waals surface area contributed by atoms with Crippen LogP contribution in [0.5, 0.6) is 0 Å². The van der Waals surface area contributed by atoms with Crippen LogP contribution in [0.1, 0.15) is 62.5 Å². The average Bonchev–Trinajstić information content (AvgIpc) is 3.09. The smallest absolute Gasteiger partial charge is 0.273 e. The molecule has 2 heterocycles. The fraction of sp³-hybridized carbons (Fsp3) is 0.812. The lowest BCUT2D eigenvalue weighted by Gasteiger charge is -2.31. The van der Waals surface area contributed by atoms with E-state index in [2.05, 4.69) is 34.8 Å². The summed E-state index contributed by atoms with van der Waals surface area (Å²) in [7, 11) is 0. The van der Waals surface area contributed by atoms with Gasteiger partial charge in [0, 0.05) is 13.2 Å². The molecular weight excluding hydrogens is 294 g/mol. The van der Waals surface area contributed by atoms with Crippen molar-refractivity contribution in [3.63, 3.8) is 0 Å². The van der Waals surface area contributed by atoms with Gasteiger partial charge < -0.3 is 15.7 Å². The Labute approximate surface area is 137 Å². The van der Waals surface area contributed by atoms with Crippen LogP contribution in [-0.2, 0) is 0 Å². The minimum Gasteiger partial charge on any atom is -0.396 e. The molecule has 0 spiro atoms. The van der Waals surface area contributed by atoms with E-state index in [0.717, 1.165) is 38.8 Å². The van der Waals surface area contributed by atoms with Crippen molar-refractivity contribution >= 4 is 5.91 Å². The molecule has 0 bridgehead atoms. The lowest BCUT2D eigenvalue weighted by Crippen LogP contribution is -2.37. The van der Waals surface area contributed by atoms with Gasteiger partial charge in [0.1, 0.15) is 0 Å². The van der Waals surface area contributed by atoms with Crippen LogP contribution in [0.4, 0.5) is 0 Å². The number of nitrogens with one attached hydrogen (secondary N) is 2. The number of aliphatic hydroxyl groups is 1. The van der Waals surface area contributed by atoms with Crippen LogP contribution in [0.2, 0.25) is 0 Å². The Morgan fingerprint density at radius 2 is 2.13 bits per heavy atom. The van der Waals surface area contributed by atoms with E-state index >= 15 is 0 Å². The molecule has 7 nitrogen and oxygen atoms in total. The largest absolute Gasteiger partial charge is 0.396 e. The first-order chi connectivity index (χ1) is 11.1. The molecule has 1 amide bonds.